The third kappa shape index (κ3) is 4.43. The zero-order valence-corrected chi connectivity index (χ0v) is 13.3. The van der Waals surface area contributed by atoms with Gasteiger partial charge < -0.3 is 10.2 Å². The topological polar surface area (TPSA) is 48.5 Å². The molecule has 1 fully saturated rings. The van der Waals surface area contributed by atoms with Gasteiger partial charge in [0.25, 0.3) is 5.91 Å². The van der Waals surface area contributed by atoms with Crippen LogP contribution >= 0.6 is 0 Å². The molecule has 1 aliphatic heterocycles. The van der Waals surface area contributed by atoms with E-state index in [9.17, 15) is 4.79 Å². The minimum atomic E-state index is -0.106. The first-order valence-corrected chi connectivity index (χ1v) is 7.81. The van der Waals surface area contributed by atoms with Crippen molar-refractivity contribution in [2.45, 2.75) is 20.8 Å². The molecule has 0 unspecified atom stereocenters. The maximum Gasteiger partial charge on any atom is 0.269 e. The Kier molecular flexibility index (Phi) is 5.56. The number of hydrogen-bond acceptors (Lipinski definition) is 4. The first-order valence-electron chi connectivity index (χ1n) is 7.81. The van der Waals surface area contributed by atoms with Crippen LogP contribution in [-0.4, -0.2) is 55.1 Å². The molecule has 21 heavy (non-hydrogen) atoms. The van der Waals surface area contributed by atoms with Crippen LogP contribution in [0.4, 0.5) is 5.69 Å². The molecule has 0 bridgehead atoms. The summed E-state index contributed by atoms with van der Waals surface area (Å²) >= 11 is 0. The Morgan fingerprint density at radius 2 is 2.00 bits per heavy atom. The van der Waals surface area contributed by atoms with Gasteiger partial charge in [-0.05, 0) is 25.0 Å². The zero-order valence-electron chi connectivity index (χ0n) is 13.3. The predicted octanol–water partition coefficient (Wildman–Crippen LogP) is 1.61. The van der Waals surface area contributed by atoms with Crippen LogP contribution in [0.3, 0.4) is 0 Å². The number of carbonyl (C=O) groups is 1. The molecule has 0 aliphatic carbocycles. The van der Waals surface area contributed by atoms with Crippen molar-refractivity contribution >= 4 is 11.6 Å². The van der Waals surface area contributed by atoms with E-state index >= 15 is 0 Å². The second-order valence-corrected chi connectivity index (χ2v) is 5.94. The highest BCUT2D eigenvalue weighted by atomic mass is 16.1. The van der Waals surface area contributed by atoms with Gasteiger partial charge in [0.15, 0.2) is 0 Å². The van der Waals surface area contributed by atoms with Crippen LogP contribution in [0, 0.1) is 5.92 Å². The number of anilines is 1. The minimum absolute atomic E-state index is 0.106. The van der Waals surface area contributed by atoms with E-state index in [0.717, 1.165) is 37.8 Å². The summed E-state index contributed by atoms with van der Waals surface area (Å²) in [6.07, 6.45) is 1.81. The molecule has 1 N–H and O–H groups in total. The Morgan fingerprint density at radius 3 is 2.52 bits per heavy atom. The molecule has 1 saturated heterocycles. The van der Waals surface area contributed by atoms with Crippen LogP contribution < -0.4 is 10.2 Å². The summed E-state index contributed by atoms with van der Waals surface area (Å²) in [4.78, 5) is 20.8. The van der Waals surface area contributed by atoms with Crippen molar-refractivity contribution in [1.82, 2.24) is 15.2 Å². The Labute approximate surface area is 127 Å². The van der Waals surface area contributed by atoms with Crippen LogP contribution in [0.5, 0.6) is 0 Å². The normalized spacial score (nSPS) is 16.3. The highest BCUT2D eigenvalue weighted by Gasteiger charge is 2.18. The average Bonchev–Trinajstić information content (AvgIpc) is 2.48. The van der Waals surface area contributed by atoms with Gasteiger partial charge in [-0.2, -0.15) is 0 Å². The lowest BCUT2D eigenvalue weighted by atomic mass is 10.2. The molecule has 0 aromatic carbocycles. The third-order valence-corrected chi connectivity index (χ3v) is 3.68. The van der Waals surface area contributed by atoms with E-state index in [-0.39, 0.29) is 5.91 Å². The Hall–Kier alpha value is -1.62. The van der Waals surface area contributed by atoms with E-state index in [1.54, 1.807) is 6.07 Å². The van der Waals surface area contributed by atoms with Crippen molar-refractivity contribution < 1.29 is 4.79 Å². The maximum absolute atomic E-state index is 11.7. The van der Waals surface area contributed by atoms with Crippen LogP contribution in [0.15, 0.2) is 18.3 Å². The van der Waals surface area contributed by atoms with Crippen LogP contribution in [-0.2, 0) is 0 Å². The molecule has 0 spiro atoms. The van der Waals surface area contributed by atoms with Gasteiger partial charge in [0.2, 0.25) is 0 Å². The highest BCUT2D eigenvalue weighted by molar-refractivity contribution is 5.92. The summed E-state index contributed by atoms with van der Waals surface area (Å²) in [7, 11) is 0. The van der Waals surface area contributed by atoms with E-state index in [0.29, 0.717) is 12.2 Å². The Balaban J connectivity index is 1.90. The van der Waals surface area contributed by atoms with Crippen molar-refractivity contribution in [3.63, 3.8) is 0 Å². The van der Waals surface area contributed by atoms with Crippen molar-refractivity contribution in [3.8, 4) is 0 Å². The molecule has 0 saturated carbocycles. The van der Waals surface area contributed by atoms with E-state index in [1.807, 2.05) is 19.2 Å². The smallest absolute Gasteiger partial charge is 0.269 e. The highest BCUT2D eigenvalue weighted by Crippen LogP contribution is 2.16. The van der Waals surface area contributed by atoms with Gasteiger partial charge in [0, 0.05) is 39.3 Å². The van der Waals surface area contributed by atoms with Crippen LogP contribution in [0.25, 0.3) is 0 Å². The monoisotopic (exact) mass is 290 g/mol. The Morgan fingerprint density at radius 1 is 1.29 bits per heavy atom. The molecule has 1 aliphatic rings. The summed E-state index contributed by atoms with van der Waals surface area (Å²) in [6, 6.07) is 3.80. The minimum Gasteiger partial charge on any atom is -0.368 e. The number of piperazine rings is 1. The number of pyridine rings is 1. The fourth-order valence-electron chi connectivity index (χ4n) is 2.66. The van der Waals surface area contributed by atoms with Crippen molar-refractivity contribution in [1.29, 1.82) is 0 Å². The number of aromatic nitrogens is 1. The van der Waals surface area contributed by atoms with Crippen molar-refractivity contribution in [3.05, 3.63) is 24.0 Å². The fraction of sp³-hybridized carbons (Fsp3) is 0.625. The number of carbonyl (C=O) groups excluding carboxylic acids is 1. The molecule has 0 radical (unpaired) electrons. The van der Waals surface area contributed by atoms with E-state index in [1.165, 1.54) is 6.54 Å². The molecule has 1 aromatic heterocycles. The number of nitrogens with one attached hydrogen (secondary N) is 1. The molecule has 5 nitrogen and oxygen atoms in total. The van der Waals surface area contributed by atoms with Gasteiger partial charge in [0.1, 0.15) is 5.69 Å². The maximum atomic E-state index is 11.7. The number of rotatable bonds is 5. The zero-order chi connectivity index (χ0) is 15.2. The predicted molar refractivity (Wildman–Crippen MR) is 85.7 cm³/mol. The lowest BCUT2D eigenvalue weighted by Crippen LogP contribution is -2.47. The standard InChI is InChI=1S/C16H26N4O/c1-4-17-16(21)15-6-5-14(11-18-15)20-9-7-19(8-10-20)12-13(2)3/h5-6,11,13H,4,7-10,12H2,1-3H3,(H,17,21). The van der Waals surface area contributed by atoms with Gasteiger partial charge in [-0.15, -0.1) is 0 Å². The lowest BCUT2D eigenvalue weighted by Gasteiger charge is -2.36. The third-order valence-electron chi connectivity index (χ3n) is 3.68. The summed E-state index contributed by atoms with van der Waals surface area (Å²) < 4.78 is 0. The molecule has 2 heterocycles. The summed E-state index contributed by atoms with van der Waals surface area (Å²) in [5.74, 6) is 0.611. The lowest BCUT2D eigenvalue weighted by molar-refractivity contribution is 0.0951. The van der Waals surface area contributed by atoms with E-state index < -0.39 is 0 Å². The molecule has 1 aromatic rings. The van der Waals surface area contributed by atoms with Gasteiger partial charge in [-0.3, -0.25) is 9.69 Å². The number of nitrogens with zero attached hydrogens (tertiary/aromatic N) is 3. The Bertz CT molecular complexity index is 450. The van der Waals surface area contributed by atoms with E-state index in [2.05, 4.69) is 33.9 Å². The van der Waals surface area contributed by atoms with Gasteiger partial charge in [0.05, 0.1) is 11.9 Å². The molecule has 0 atom stereocenters. The van der Waals surface area contributed by atoms with E-state index in [4.69, 9.17) is 0 Å². The quantitative estimate of drug-likeness (QED) is 0.895. The largest absolute Gasteiger partial charge is 0.368 e. The summed E-state index contributed by atoms with van der Waals surface area (Å²) in [5.41, 5.74) is 1.59. The van der Waals surface area contributed by atoms with Gasteiger partial charge in [-0.25, -0.2) is 4.98 Å². The molecular formula is C16H26N4O. The number of hydrogen-bond donors (Lipinski definition) is 1. The fourth-order valence-corrected chi connectivity index (χ4v) is 2.66. The van der Waals surface area contributed by atoms with Gasteiger partial charge >= 0.3 is 0 Å². The average molecular weight is 290 g/mol. The SMILES string of the molecule is CCNC(=O)c1ccc(N2CCN(CC(C)C)CC2)cn1. The van der Waals surface area contributed by atoms with Gasteiger partial charge in [-0.1, -0.05) is 13.8 Å². The van der Waals surface area contributed by atoms with Crippen molar-refractivity contribution in [2.24, 2.45) is 5.92 Å². The van der Waals surface area contributed by atoms with Crippen LogP contribution in [0.2, 0.25) is 0 Å². The van der Waals surface area contributed by atoms with Crippen molar-refractivity contribution in [2.75, 3.05) is 44.2 Å². The van der Waals surface area contributed by atoms with Crippen LogP contribution in [0.1, 0.15) is 31.3 Å². The molecule has 1 amide bonds. The second kappa shape index (κ2) is 7.41. The first kappa shape index (κ1) is 15.8. The molecule has 2 rings (SSSR count). The molecule has 116 valence electrons. The first-order chi connectivity index (χ1) is 10.1. The summed E-state index contributed by atoms with van der Waals surface area (Å²) in [5, 5.41) is 2.76. The second-order valence-electron chi connectivity index (χ2n) is 5.94. The number of amides is 1. The molecular weight excluding hydrogens is 264 g/mol. The molecule has 5 heteroatoms. The summed E-state index contributed by atoms with van der Waals surface area (Å²) in [6.45, 7) is 12.5.